The van der Waals surface area contributed by atoms with Crippen LogP contribution in [0.1, 0.15) is 98.0 Å². The molecule has 1 aromatic carbocycles. The van der Waals surface area contributed by atoms with Gasteiger partial charge in [-0.25, -0.2) is 0 Å². The van der Waals surface area contributed by atoms with Gasteiger partial charge < -0.3 is 30.6 Å². The first kappa shape index (κ1) is 34.0. The van der Waals surface area contributed by atoms with Crippen LogP contribution in [0.4, 0.5) is 0 Å². The molecule has 2 unspecified atom stereocenters. The maximum atomic E-state index is 13.9. The topological polar surface area (TPSA) is 156 Å². The number of hydrogen-bond donors (Lipinski definition) is 6. The highest BCUT2D eigenvalue weighted by atomic mass is 16.3. The summed E-state index contributed by atoms with van der Waals surface area (Å²) in [5.74, 6) is -1.33. The van der Waals surface area contributed by atoms with Crippen molar-refractivity contribution in [2.75, 3.05) is 0 Å². The zero-order valence-electron chi connectivity index (χ0n) is 27.4. The Morgan fingerprint density at radius 2 is 1.73 bits per heavy atom. The molecule has 4 aliphatic carbocycles. The van der Waals surface area contributed by atoms with Crippen molar-refractivity contribution in [3.63, 3.8) is 0 Å². The van der Waals surface area contributed by atoms with E-state index in [0.717, 1.165) is 5.56 Å². The van der Waals surface area contributed by atoms with E-state index < -0.39 is 45.8 Å². The van der Waals surface area contributed by atoms with Crippen LogP contribution in [0.3, 0.4) is 0 Å². The van der Waals surface area contributed by atoms with E-state index in [9.17, 15) is 40.2 Å². The molecule has 0 spiro atoms. The highest BCUT2D eigenvalue weighted by molar-refractivity contribution is 5.96. The zero-order chi connectivity index (χ0) is 33.2. The largest absolute Gasteiger partial charge is 0.508 e. The number of ketones is 2. The fraction of sp³-hybridized carbons (Fsp3) is 0.676. The Morgan fingerprint density at radius 1 is 1.07 bits per heavy atom. The molecule has 8 heteroatoms. The number of carbonyl (C=O) groups excluding carboxylic acids is 2. The molecular formula is C37H52O8. The smallest absolute Gasteiger partial charge is 0.159 e. The second-order valence-corrected chi connectivity index (χ2v) is 16.0. The van der Waals surface area contributed by atoms with Crippen molar-refractivity contribution in [3.8, 4) is 5.75 Å². The van der Waals surface area contributed by atoms with Crippen LogP contribution >= 0.6 is 0 Å². The molecule has 3 saturated carbocycles. The number of hydrogen-bond acceptors (Lipinski definition) is 8. The molecular weight excluding hydrogens is 572 g/mol. The first-order valence-corrected chi connectivity index (χ1v) is 16.6. The molecule has 8 nitrogen and oxygen atoms in total. The van der Waals surface area contributed by atoms with Gasteiger partial charge in [0.2, 0.25) is 0 Å². The van der Waals surface area contributed by atoms with Crippen LogP contribution in [-0.4, -0.2) is 71.2 Å². The van der Waals surface area contributed by atoms with Gasteiger partial charge in [-0.3, -0.25) is 9.59 Å². The van der Waals surface area contributed by atoms with Gasteiger partial charge in [0.1, 0.15) is 5.75 Å². The minimum absolute atomic E-state index is 0.0779. The number of allylic oxidation sites excluding steroid dienone is 2. The van der Waals surface area contributed by atoms with Crippen LogP contribution in [-0.2, 0) is 9.59 Å². The molecule has 5 rings (SSSR count). The third-order valence-corrected chi connectivity index (χ3v) is 12.5. The van der Waals surface area contributed by atoms with Crippen molar-refractivity contribution >= 4 is 17.6 Å². The molecule has 248 valence electrons. The van der Waals surface area contributed by atoms with E-state index in [1.807, 2.05) is 13.8 Å². The lowest BCUT2D eigenvalue weighted by Crippen LogP contribution is -2.62. The second-order valence-electron chi connectivity index (χ2n) is 16.0. The summed E-state index contributed by atoms with van der Waals surface area (Å²) in [6.07, 6.45) is 6.52. The van der Waals surface area contributed by atoms with Gasteiger partial charge >= 0.3 is 0 Å². The first-order valence-electron chi connectivity index (χ1n) is 16.6. The number of phenolic OH excluding ortho intramolecular Hbond substituents is 1. The number of rotatable bonds is 9. The van der Waals surface area contributed by atoms with Crippen molar-refractivity contribution < 1.29 is 40.2 Å². The Hall–Kier alpha value is -2.36. The maximum absolute atomic E-state index is 13.9. The number of aliphatic hydroxyl groups excluding tert-OH is 2. The average Bonchev–Trinajstić information content (AvgIpc) is 3.24. The second kappa shape index (κ2) is 11.7. The molecule has 10 atom stereocenters. The molecule has 6 N–H and O–H groups in total. The summed E-state index contributed by atoms with van der Waals surface area (Å²) in [7, 11) is 0. The predicted molar refractivity (Wildman–Crippen MR) is 171 cm³/mol. The number of aliphatic hydroxyl groups is 5. The molecule has 0 saturated heterocycles. The lowest BCUT2D eigenvalue weighted by molar-refractivity contribution is -0.175. The SMILES string of the molecule is CC(C)(O)CC[C@@H](O)[C@@](C)(O)[C@H]1CC[C@@]2(O)C3=CC(=O)C4C[C@@H](CC(=O)/C=C/c5ccc(O)cc5)[C@@H](O)C[C@]4(C)C3CC[C@]12C. The van der Waals surface area contributed by atoms with Gasteiger partial charge in [0.25, 0.3) is 0 Å². The maximum Gasteiger partial charge on any atom is 0.159 e. The predicted octanol–water partition coefficient (Wildman–Crippen LogP) is 4.49. The van der Waals surface area contributed by atoms with E-state index in [0.29, 0.717) is 50.5 Å². The van der Waals surface area contributed by atoms with Gasteiger partial charge in [-0.2, -0.15) is 0 Å². The van der Waals surface area contributed by atoms with Crippen LogP contribution in [0.5, 0.6) is 5.75 Å². The normalized spacial score (nSPS) is 38.6. The highest BCUT2D eigenvalue weighted by Crippen LogP contribution is 2.69. The molecule has 3 fully saturated rings. The van der Waals surface area contributed by atoms with Crippen molar-refractivity contribution in [2.45, 2.75) is 121 Å². The number of aromatic hydroxyl groups is 1. The van der Waals surface area contributed by atoms with Crippen LogP contribution in [0.2, 0.25) is 0 Å². The Kier molecular flexibility index (Phi) is 8.84. The third kappa shape index (κ3) is 5.98. The van der Waals surface area contributed by atoms with Crippen molar-refractivity contribution in [1.82, 2.24) is 0 Å². The fourth-order valence-electron chi connectivity index (χ4n) is 9.73. The summed E-state index contributed by atoms with van der Waals surface area (Å²) in [6.45, 7) is 9.00. The minimum Gasteiger partial charge on any atom is -0.508 e. The van der Waals surface area contributed by atoms with E-state index >= 15 is 0 Å². The molecule has 4 aliphatic rings. The van der Waals surface area contributed by atoms with Gasteiger partial charge in [-0.1, -0.05) is 32.1 Å². The lowest BCUT2D eigenvalue weighted by atomic mass is 9.45. The average molecular weight is 625 g/mol. The van der Waals surface area contributed by atoms with Gasteiger partial charge in [0.05, 0.1) is 29.0 Å². The quantitative estimate of drug-likeness (QED) is 0.220. The summed E-state index contributed by atoms with van der Waals surface area (Å²) in [5.41, 5.74) is -3.68. The number of fused-ring (bicyclic) bond motifs is 5. The van der Waals surface area contributed by atoms with Crippen LogP contribution < -0.4 is 0 Å². The van der Waals surface area contributed by atoms with Crippen LogP contribution in [0.15, 0.2) is 42.0 Å². The summed E-state index contributed by atoms with van der Waals surface area (Å²) in [6, 6.07) is 6.52. The molecule has 1 aromatic rings. The summed E-state index contributed by atoms with van der Waals surface area (Å²) < 4.78 is 0. The van der Waals surface area contributed by atoms with E-state index in [-0.39, 0.29) is 47.9 Å². The zero-order valence-corrected chi connectivity index (χ0v) is 27.4. The number of phenols is 1. The fourth-order valence-corrected chi connectivity index (χ4v) is 9.73. The van der Waals surface area contributed by atoms with E-state index in [1.54, 1.807) is 57.2 Å². The molecule has 0 radical (unpaired) electrons. The molecule has 0 aliphatic heterocycles. The van der Waals surface area contributed by atoms with Crippen molar-refractivity contribution in [3.05, 3.63) is 47.6 Å². The van der Waals surface area contributed by atoms with Gasteiger partial charge in [-0.15, -0.1) is 0 Å². The monoisotopic (exact) mass is 624 g/mol. The van der Waals surface area contributed by atoms with Gasteiger partial charge in [0.15, 0.2) is 11.6 Å². The standard InChI is InChI=1S/C37H52O8/c1-33(2,43)15-14-32(42)36(5,44)31-13-17-37(45)27-20-29(40)28-19-23(18-25(39)11-8-22-6-9-24(38)10-7-22)30(41)21-34(28,3)26(27)12-16-35(31,37)4/h6-11,20,23,26,28,30-32,38,41-45H,12-19,21H2,1-5H3/b11-8+/t23-,26?,28?,30+,31+,32-,34-,35-,36+,37-/m1/s1. The molecule has 0 aromatic heterocycles. The molecule has 45 heavy (non-hydrogen) atoms. The van der Waals surface area contributed by atoms with E-state index in [4.69, 9.17) is 0 Å². The lowest BCUT2D eigenvalue weighted by Gasteiger charge is -2.61. The summed E-state index contributed by atoms with van der Waals surface area (Å²) in [5, 5.41) is 66.3. The van der Waals surface area contributed by atoms with Crippen LogP contribution in [0, 0.1) is 34.5 Å². The van der Waals surface area contributed by atoms with E-state index in [2.05, 4.69) is 0 Å². The Bertz CT molecular complexity index is 1360. The van der Waals surface area contributed by atoms with Crippen molar-refractivity contribution in [1.29, 1.82) is 0 Å². The van der Waals surface area contributed by atoms with Crippen molar-refractivity contribution in [2.24, 2.45) is 34.5 Å². The minimum atomic E-state index is -1.50. The van der Waals surface area contributed by atoms with Gasteiger partial charge in [0, 0.05) is 17.8 Å². The number of carbonyl (C=O) groups is 2. The summed E-state index contributed by atoms with van der Waals surface area (Å²) >= 11 is 0. The molecule has 0 heterocycles. The molecule has 0 amide bonds. The van der Waals surface area contributed by atoms with Gasteiger partial charge in [-0.05, 0) is 131 Å². The summed E-state index contributed by atoms with van der Waals surface area (Å²) in [4.78, 5) is 26.7. The highest BCUT2D eigenvalue weighted by Gasteiger charge is 2.69. The molecule has 0 bridgehead atoms. The Morgan fingerprint density at radius 3 is 2.38 bits per heavy atom. The Balaban J connectivity index is 1.34. The Labute approximate surface area is 266 Å². The third-order valence-electron chi connectivity index (χ3n) is 12.5. The first-order chi connectivity index (χ1) is 20.8. The van der Waals surface area contributed by atoms with Crippen LogP contribution in [0.25, 0.3) is 6.08 Å². The number of benzene rings is 1. The van der Waals surface area contributed by atoms with E-state index in [1.165, 1.54) is 6.08 Å².